The van der Waals surface area contributed by atoms with E-state index in [-0.39, 0.29) is 0 Å². The van der Waals surface area contributed by atoms with Crippen LogP contribution in [-0.4, -0.2) is 37.1 Å². The van der Waals surface area contributed by atoms with E-state index < -0.39 is 0 Å². The van der Waals surface area contributed by atoms with Gasteiger partial charge in [0.1, 0.15) is 0 Å². The average Bonchev–Trinajstić information content (AvgIpc) is 3.06. The highest BCUT2D eigenvalue weighted by atomic mass is 15.1. The maximum Gasteiger partial charge on any atom is 0.00684 e. The molecule has 0 unspecified atom stereocenters. The summed E-state index contributed by atoms with van der Waals surface area (Å²) in [5.74, 6) is 0. The molecule has 2 aliphatic carbocycles. The Labute approximate surface area is 106 Å². The third-order valence-corrected chi connectivity index (χ3v) is 5.02. The van der Waals surface area contributed by atoms with Gasteiger partial charge in [0.05, 0.1) is 0 Å². The summed E-state index contributed by atoms with van der Waals surface area (Å²) in [6, 6.07) is 0.882. The summed E-state index contributed by atoms with van der Waals surface area (Å²) < 4.78 is 0. The van der Waals surface area contributed by atoms with Gasteiger partial charge in [0.15, 0.2) is 0 Å². The molecule has 0 amide bonds. The van der Waals surface area contributed by atoms with E-state index in [1.54, 1.807) is 0 Å². The molecule has 2 nitrogen and oxygen atoms in total. The summed E-state index contributed by atoms with van der Waals surface area (Å²) in [4.78, 5) is 2.74. The largest absolute Gasteiger partial charge is 0.313 e. The van der Waals surface area contributed by atoms with Crippen molar-refractivity contribution < 1.29 is 0 Å². The van der Waals surface area contributed by atoms with Crippen molar-refractivity contribution in [3.8, 4) is 0 Å². The zero-order chi connectivity index (χ0) is 11.6. The van der Waals surface area contributed by atoms with E-state index in [4.69, 9.17) is 0 Å². The lowest BCUT2D eigenvalue weighted by Gasteiger charge is -2.40. The first-order chi connectivity index (χ1) is 8.36. The first-order valence-corrected chi connectivity index (χ1v) is 7.82. The molecule has 1 saturated heterocycles. The molecule has 0 aromatic carbocycles. The lowest BCUT2D eigenvalue weighted by Crippen LogP contribution is -2.45. The standard InChI is InChI=1S/C15H28N2/c1-2-8-15(9-3-1,12-16-14-6-7-14)13-17-10-4-5-11-17/h14,16H,1-13H2. The Morgan fingerprint density at radius 1 is 0.941 bits per heavy atom. The molecular formula is C15H28N2. The van der Waals surface area contributed by atoms with E-state index in [1.165, 1.54) is 84.0 Å². The fourth-order valence-corrected chi connectivity index (χ4v) is 3.76. The molecule has 1 heterocycles. The van der Waals surface area contributed by atoms with Crippen LogP contribution in [0.4, 0.5) is 0 Å². The lowest BCUT2D eigenvalue weighted by molar-refractivity contribution is 0.116. The Morgan fingerprint density at radius 3 is 2.29 bits per heavy atom. The number of hydrogen-bond acceptors (Lipinski definition) is 2. The van der Waals surface area contributed by atoms with Crippen molar-refractivity contribution >= 4 is 0 Å². The predicted octanol–water partition coefficient (Wildman–Crippen LogP) is 2.78. The van der Waals surface area contributed by atoms with Crippen LogP contribution >= 0.6 is 0 Å². The Hall–Kier alpha value is -0.0800. The van der Waals surface area contributed by atoms with Crippen LogP contribution in [0, 0.1) is 5.41 Å². The first kappa shape index (κ1) is 12.0. The smallest absolute Gasteiger partial charge is 0.00684 e. The van der Waals surface area contributed by atoms with Crippen molar-refractivity contribution in [2.24, 2.45) is 5.41 Å². The van der Waals surface area contributed by atoms with E-state index in [0.29, 0.717) is 5.41 Å². The molecule has 0 atom stereocenters. The molecule has 0 bridgehead atoms. The van der Waals surface area contributed by atoms with Crippen molar-refractivity contribution in [1.82, 2.24) is 10.2 Å². The molecule has 0 spiro atoms. The molecule has 1 N–H and O–H groups in total. The summed E-state index contributed by atoms with van der Waals surface area (Å²) in [6.45, 7) is 5.41. The highest BCUT2D eigenvalue weighted by Crippen LogP contribution is 2.38. The number of nitrogens with zero attached hydrogens (tertiary/aromatic N) is 1. The van der Waals surface area contributed by atoms with Crippen LogP contribution in [0.2, 0.25) is 0 Å². The van der Waals surface area contributed by atoms with Gasteiger partial charge in [0.25, 0.3) is 0 Å². The van der Waals surface area contributed by atoms with Crippen molar-refractivity contribution in [2.75, 3.05) is 26.2 Å². The lowest BCUT2D eigenvalue weighted by atomic mass is 9.73. The second kappa shape index (κ2) is 5.27. The molecule has 1 aliphatic heterocycles. The predicted molar refractivity (Wildman–Crippen MR) is 72.2 cm³/mol. The number of likely N-dealkylation sites (tertiary alicyclic amines) is 1. The maximum atomic E-state index is 3.81. The van der Waals surface area contributed by atoms with Crippen molar-refractivity contribution in [3.63, 3.8) is 0 Å². The number of hydrogen-bond donors (Lipinski definition) is 1. The van der Waals surface area contributed by atoms with Gasteiger partial charge in [-0.3, -0.25) is 0 Å². The minimum Gasteiger partial charge on any atom is -0.313 e. The molecule has 3 fully saturated rings. The summed E-state index contributed by atoms with van der Waals surface area (Å²) in [5, 5.41) is 3.81. The Morgan fingerprint density at radius 2 is 1.65 bits per heavy atom. The second-order valence-electron chi connectivity index (χ2n) is 6.70. The van der Waals surface area contributed by atoms with Crippen LogP contribution in [0.25, 0.3) is 0 Å². The number of rotatable bonds is 5. The topological polar surface area (TPSA) is 15.3 Å². The molecule has 3 rings (SSSR count). The Balaban J connectivity index is 1.56. The summed E-state index contributed by atoms with van der Waals surface area (Å²) in [5.41, 5.74) is 0.630. The van der Waals surface area contributed by atoms with Crippen molar-refractivity contribution in [2.45, 2.75) is 63.8 Å². The van der Waals surface area contributed by atoms with Crippen LogP contribution in [-0.2, 0) is 0 Å². The SMILES string of the molecule is C1CCC(CNC2CC2)(CN2CCCC2)CC1. The van der Waals surface area contributed by atoms with E-state index in [0.717, 1.165) is 6.04 Å². The molecule has 98 valence electrons. The Kier molecular flexibility index (Phi) is 3.72. The van der Waals surface area contributed by atoms with Gasteiger partial charge in [-0.2, -0.15) is 0 Å². The molecule has 0 aromatic rings. The summed E-state index contributed by atoms with van der Waals surface area (Å²) >= 11 is 0. The normalized spacial score (nSPS) is 29.6. The Bertz CT molecular complexity index is 235. The molecule has 2 heteroatoms. The van der Waals surface area contributed by atoms with Crippen LogP contribution < -0.4 is 5.32 Å². The maximum absolute atomic E-state index is 3.81. The number of nitrogens with one attached hydrogen (secondary N) is 1. The van der Waals surface area contributed by atoms with Gasteiger partial charge in [0, 0.05) is 19.1 Å². The highest BCUT2D eigenvalue weighted by Gasteiger charge is 2.35. The van der Waals surface area contributed by atoms with Gasteiger partial charge >= 0.3 is 0 Å². The van der Waals surface area contributed by atoms with Gasteiger partial charge < -0.3 is 10.2 Å². The zero-order valence-corrected chi connectivity index (χ0v) is 11.2. The third-order valence-electron chi connectivity index (χ3n) is 5.02. The van der Waals surface area contributed by atoms with Crippen LogP contribution in [0.5, 0.6) is 0 Å². The monoisotopic (exact) mass is 236 g/mol. The summed E-state index contributed by atoms with van der Waals surface area (Å²) in [6.07, 6.45) is 13.1. The van der Waals surface area contributed by atoms with E-state index >= 15 is 0 Å². The first-order valence-electron chi connectivity index (χ1n) is 7.82. The van der Waals surface area contributed by atoms with Crippen LogP contribution in [0.1, 0.15) is 57.8 Å². The molecular weight excluding hydrogens is 208 g/mol. The van der Waals surface area contributed by atoms with E-state index in [2.05, 4.69) is 10.2 Å². The molecule has 0 radical (unpaired) electrons. The van der Waals surface area contributed by atoms with Crippen LogP contribution in [0.15, 0.2) is 0 Å². The van der Waals surface area contributed by atoms with Gasteiger partial charge in [-0.25, -0.2) is 0 Å². The summed E-state index contributed by atoms with van der Waals surface area (Å²) in [7, 11) is 0. The molecule has 0 aromatic heterocycles. The molecule has 3 aliphatic rings. The van der Waals surface area contributed by atoms with Gasteiger partial charge in [0.2, 0.25) is 0 Å². The highest BCUT2D eigenvalue weighted by molar-refractivity contribution is 4.92. The fraction of sp³-hybridized carbons (Fsp3) is 1.00. The zero-order valence-electron chi connectivity index (χ0n) is 11.2. The van der Waals surface area contributed by atoms with E-state index in [1.807, 2.05) is 0 Å². The van der Waals surface area contributed by atoms with Crippen molar-refractivity contribution in [3.05, 3.63) is 0 Å². The van der Waals surface area contributed by atoms with Gasteiger partial charge in [-0.15, -0.1) is 0 Å². The van der Waals surface area contributed by atoms with Crippen molar-refractivity contribution in [1.29, 1.82) is 0 Å². The quantitative estimate of drug-likeness (QED) is 0.789. The molecule has 2 saturated carbocycles. The third kappa shape index (κ3) is 3.23. The fourth-order valence-electron chi connectivity index (χ4n) is 3.76. The van der Waals surface area contributed by atoms with Gasteiger partial charge in [-0.1, -0.05) is 19.3 Å². The second-order valence-corrected chi connectivity index (χ2v) is 6.70. The van der Waals surface area contributed by atoms with Crippen LogP contribution in [0.3, 0.4) is 0 Å². The van der Waals surface area contributed by atoms with E-state index in [9.17, 15) is 0 Å². The van der Waals surface area contributed by atoms with Gasteiger partial charge in [-0.05, 0) is 57.0 Å². The minimum atomic E-state index is 0.630. The minimum absolute atomic E-state index is 0.630. The average molecular weight is 236 g/mol. The molecule has 17 heavy (non-hydrogen) atoms.